The molecule has 0 aliphatic heterocycles. The number of likely N-dealkylation sites (N-methyl/N-ethyl adjacent to an activating group) is 1. The maximum atomic E-state index is 12.4. The molecule has 1 atom stereocenters. The minimum atomic E-state index is -0.448. The van der Waals surface area contributed by atoms with Gasteiger partial charge in [-0.3, -0.25) is 14.9 Å². The lowest BCUT2D eigenvalue weighted by Crippen LogP contribution is -2.34. The number of hydrogen-bond donors (Lipinski definition) is 1. The molecule has 2 rings (SSSR count). The number of hydrogen-bond acceptors (Lipinski definition) is 4. The number of carbonyl (C=O) groups excluding carboxylic acids is 1. The smallest absolute Gasteiger partial charge is 0.272 e. The van der Waals surface area contributed by atoms with Crippen molar-refractivity contribution in [1.82, 2.24) is 10.2 Å². The van der Waals surface area contributed by atoms with Crippen molar-refractivity contribution in [1.29, 1.82) is 0 Å². The third-order valence-electron chi connectivity index (χ3n) is 4.20. The zero-order valence-electron chi connectivity index (χ0n) is 14.9. The van der Waals surface area contributed by atoms with Gasteiger partial charge in [0.1, 0.15) is 0 Å². The largest absolute Gasteiger partial charge is 0.350 e. The van der Waals surface area contributed by atoms with Crippen LogP contribution in [0.5, 0.6) is 0 Å². The average molecular weight is 341 g/mol. The fraction of sp³-hybridized carbons (Fsp3) is 0.316. The van der Waals surface area contributed by atoms with Gasteiger partial charge in [0, 0.05) is 23.7 Å². The Morgan fingerprint density at radius 3 is 2.32 bits per heavy atom. The Bertz CT molecular complexity index is 770. The SMILES string of the molecule is Cc1ccc([C@H](CNC(=O)c2ccc([N+](=O)[O-])c(C)c2)N(C)C)cc1. The third kappa shape index (κ3) is 4.64. The van der Waals surface area contributed by atoms with E-state index in [9.17, 15) is 14.9 Å². The van der Waals surface area contributed by atoms with Gasteiger partial charge in [0.15, 0.2) is 0 Å². The molecule has 1 N–H and O–H groups in total. The van der Waals surface area contributed by atoms with Crippen LogP contribution in [0.3, 0.4) is 0 Å². The van der Waals surface area contributed by atoms with Crippen molar-refractivity contribution >= 4 is 11.6 Å². The molecule has 25 heavy (non-hydrogen) atoms. The van der Waals surface area contributed by atoms with Gasteiger partial charge in [-0.25, -0.2) is 0 Å². The quantitative estimate of drug-likeness (QED) is 0.646. The summed E-state index contributed by atoms with van der Waals surface area (Å²) in [6.45, 7) is 4.11. The first-order chi connectivity index (χ1) is 11.8. The van der Waals surface area contributed by atoms with E-state index in [-0.39, 0.29) is 17.6 Å². The molecule has 0 radical (unpaired) electrons. The summed E-state index contributed by atoms with van der Waals surface area (Å²) in [6.07, 6.45) is 0. The zero-order valence-corrected chi connectivity index (χ0v) is 14.9. The standard InChI is InChI=1S/C19H23N3O3/c1-13-5-7-15(8-6-13)18(21(3)4)12-20-19(23)16-9-10-17(22(24)25)14(2)11-16/h5-11,18H,12H2,1-4H3,(H,20,23)/t18-/m0/s1. The summed E-state index contributed by atoms with van der Waals surface area (Å²) in [5.41, 5.74) is 3.22. The fourth-order valence-corrected chi connectivity index (χ4v) is 2.68. The number of benzene rings is 2. The summed E-state index contributed by atoms with van der Waals surface area (Å²) in [5.74, 6) is -0.239. The lowest BCUT2D eigenvalue weighted by molar-refractivity contribution is -0.385. The maximum Gasteiger partial charge on any atom is 0.272 e. The molecule has 6 nitrogen and oxygen atoms in total. The third-order valence-corrected chi connectivity index (χ3v) is 4.20. The average Bonchev–Trinajstić information content (AvgIpc) is 2.55. The van der Waals surface area contributed by atoms with Gasteiger partial charge in [-0.05, 0) is 45.6 Å². The van der Waals surface area contributed by atoms with Crippen LogP contribution >= 0.6 is 0 Å². The van der Waals surface area contributed by atoms with Crippen LogP contribution in [0.2, 0.25) is 0 Å². The van der Waals surface area contributed by atoms with E-state index >= 15 is 0 Å². The molecule has 0 fully saturated rings. The minimum Gasteiger partial charge on any atom is -0.350 e. The predicted octanol–water partition coefficient (Wildman–Crippen LogP) is 3.24. The number of nitro groups is 1. The van der Waals surface area contributed by atoms with Gasteiger partial charge in [-0.1, -0.05) is 29.8 Å². The van der Waals surface area contributed by atoms with Crippen molar-refractivity contribution in [2.24, 2.45) is 0 Å². The molecule has 0 spiro atoms. The number of nitrogens with zero attached hydrogens (tertiary/aromatic N) is 2. The van der Waals surface area contributed by atoms with Crippen LogP contribution in [0, 0.1) is 24.0 Å². The van der Waals surface area contributed by atoms with Crippen LogP contribution in [0.1, 0.15) is 33.1 Å². The van der Waals surface area contributed by atoms with Crippen molar-refractivity contribution in [3.63, 3.8) is 0 Å². The van der Waals surface area contributed by atoms with Crippen LogP contribution in [-0.2, 0) is 0 Å². The number of amides is 1. The minimum absolute atomic E-state index is 0.0161. The Kier molecular flexibility index (Phi) is 5.88. The number of carbonyl (C=O) groups is 1. The first-order valence-corrected chi connectivity index (χ1v) is 8.06. The molecule has 2 aromatic rings. The van der Waals surface area contributed by atoms with Gasteiger partial charge in [0.2, 0.25) is 0 Å². The van der Waals surface area contributed by atoms with Gasteiger partial charge in [-0.15, -0.1) is 0 Å². The lowest BCUT2D eigenvalue weighted by Gasteiger charge is -2.25. The summed E-state index contributed by atoms with van der Waals surface area (Å²) in [4.78, 5) is 24.9. The Morgan fingerprint density at radius 2 is 1.80 bits per heavy atom. The Balaban J connectivity index is 2.10. The first-order valence-electron chi connectivity index (χ1n) is 8.06. The Labute approximate surface area is 147 Å². The monoisotopic (exact) mass is 341 g/mol. The molecule has 0 saturated heterocycles. The van der Waals surface area contributed by atoms with Crippen LogP contribution < -0.4 is 5.32 Å². The molecule has 2 aromatic carbocycles. The second kappa shape index (κ2) is 7.90. The molecule has 0 aliphatic carbocycles. The van der Waals surface area contributed by atoms with E-state index in [1.807, 2.05) is 38.1 Å². The predicted molar refractivity (Wildman–Crippen MR) is 97.8 cm³/mol. The summed E-state index contributed by atoms with van der Waals surface area (Å²) in [7, 11) is 3.93. The van der Waals surface area contributed by atoms with Gasteiger partial charge in [-0.2, -0.15) is 0 Å². The summed E-state index contributed by atoms with van der Waals surface area (Å²) < 4.78 is 0. The topological polar surface area (TPSA) is 75.5 Å². The van der Waals surface area contributed by atoms with Gasteiger partial charge >= 0.3 is 0 Å². The van der Waals surface area contributed by atoms with Crippen molar-refractivity contribution in [3.8, 4) is 0 Å². The highest BCUT2D eigenvalue weighted by Gasteiger charge is 2.17. The van der Waals surface area contributed by atoms with Crippen molar-refractivity contribution in [2.45, 2.75) is 19.9 Å². The molecule has 1 amide bonds. The molecule has 132 valence electrons. The number of nitrogens with one attached hydrogen (secondary N) is 1. The molecule has 0 unspecified atom stereocenters. The van der Waals surface area contributed by atoms with E-state index in [1.165, 1.54) is 17.7 Å². The molecule has 6 heteroatoms. The maximum absolute atomic E-state index is 12.4. The van der Waals surface area contributed by atoms with Gasteiger partial charge in [0.25, 0.3) is 11.6 Å². The van der Waals surface area contributed by atoms with Crippen LogP contribution in [0.4, 0.5) is 5.69 Å². The van der Waals surface area contributed by atoms with E-state index in [1.54, 1.807) is 13.0 Å². The van der Waals surface area contributed by atoms with Crippen LogP contribution in [-0.4, -0.2) is 36.4 Å². The van der Waals surface area contributed by atoms with Crippen molar-refractivity contribution < 1.29 is 9.72 Å². The zero-order chi connectivity index (χ0) is 18.6. The summed E-state index contributed by atoms with van der Waals surface area (Å²) in [5, 5.41) is 13.8. The van der Waals surface area contributed by atoms with E-state index in [0.29, 0.717) is 17.7 Å². The van der Waals surface area contributed by atoms with Crippen LogP contribution in [0.15, 0.2) is 42.5 Å². The second-order valence-electron chi connectivity index (χ2n) is 6.36. The second-order valence-corrected chi connectivity index (χ2v) is 6.36. The van der Waals surface area contributed by atoms with Crippen LogP contribution in [0.25, 0.3) is 0 Å². The summed E-state index contributed by atoms with van der Waals surface area (Å²) >= 11 is 0. The molecule has 0 aliphatic rings. The fourth-order valence-electron chi connectivity index (χ4n) is 2.68. The van der Waals surface area contributed by atoms with E-state index in [4.69, 9.17) is 0 Å². The lowest BCUT2D eigenvalue weighted by atomic mass is 10.0. The van der Waals surface area contributed by atoms with E-state index < -0.39 is 4.92 Å². The Morgan fingerprint density at radius 1 is 1.16 bits per heavy atom. The molecular weight excluding hydrogens is 318 g/mol. The van der Waals surface area contributed by atoms with Gasteiger partial charge in [0.05, 0.1) is 11.0 Å². The van der Waals surface area contributed by atoms with E-state index in [2.05, 4.69) is 17.4 Å². The first kappa shape index (κ1) is 18.6. The highest BCUT2D eigenvalue weighted by molar-refractivity contribution is 5.94. The van der Waals surface area contributed by atoms with E-state index in [0.717, 1.165) is 5.56 Å². The Hall–Kier alpha value is -2.73. The molecule has 0 saturated carbocycles. The van der Waals surface area contributed by atoms with Crippen molar-refractivity contribution in [2.75, 3.05) is 20.6 Å². The van der Waals surface area contributed by atoms with Gasteiger partial charge < -0.3 is 10.2 Å². The normalized spacial score (nSPS) is 12.0. The highest BCUT2D eigenvalue weighted by Crippen LogP contribution is 2.20. The van der Waals surface area contributed by atoms with Crippen molar-refractivity contribution in [3.05, 3.63) is 74.8 Å². The molecular formula is C19H23N3O3. The molecule has 0 bridgehead atoms. The summed E-state index contributed by atoms with van der Waals surface area (Å²) in [6, 6.07) is 12.7. The molecule has 0 heterocycles. The molecule has 0 aromatic heterocycles. The number of nitro benzene ring substituents is 1. The highest BCUT2D eigenvalue weighted by atomic mass is 16.6. The number of rotatable bonds is 6. The number of aryl methyl sites for hydroxylation is 2.